The Labute approximate surface area is 140 Å². The first-order valence-electron chi connectivity index (χ1n) is 6.62. The summed E-state index contributed by atoms with van der Waals surface area (Å²) < 4.78 is 37.5. The van der Waals surface area contributed by atoms with E-state index in [2.05, 4.69) is 10.5 Å². The van der Waals surface area contributed by atoms with Gasteiger partial charge in [0.05, 0.1) is 16.3 Å². The number of nitrogens with zero attached hydrogens (tertiary/aromatic N) is 1. The number of rotatable bonds is 4. The molecule has 2 N–H and O–H groups in total. The SMILES string of the molecule is Cc1c(O)cccc1C(=O)NOCc1ncc(C(F)(F)F)cc1Cl. The summed E-state index contributed by atoms with van der Waals surface area (Å²) in [6.45, 7) is 1.24. The highest BCUT2D eigenvalue weighted by Crippen LogP contribution is 2.31. The van der Waals surface area contributed by atoms with Crippen molar-refractivity contribution < 1.29 is 27.9 Å². The molecule has 2 aromatic rings. The summed E-state index contributed by atoms with van der Waals surface area (Å²) in [7, 11) is 0. The average Bonchev–Trinajstić information content (AvgIpc) is 2.50. The maximum Gasteiger partial charge on any atom is 0.417 e. The smallest absolute Gasteiger partial charge is 0.417 e. The minimum Gasteiger partial charge on any atom is -0.508 e. The molecule has 1 aromatic heterocycles. The fraction of sp³-hybridized carbons (Fsp3) is 0.200. The van der Waals surface area contributed by atoms with Crippen molar-refractivity contribution in [1.82, 2.24) is 10.5 Å². The van der Waals surface area contributed by atoms with Gasteiger partial charge >= 0.3 is 6.18 Å². The zero-order chi connectivity index (χ0) is 17.9. The van der Waals surface area contributed by atoms with Gasteiger partial charge in [0.15, 0.2) is 0 Å². The van der Waals surface area contributed by atoms with E-state index in [0.717, 1.165) is 6.07 Å². The number of hydroxylamine groups is 1. The number of pyridine rings is 1. The molecule has 24 heavy (non-hydrogen) atoms. The van der Waals surface area contributed by atoms with Crippen LogP contribution < -0.4 is 5.48 Å². The Morgan fingerprint density at radius 1 is 1.42 bits per heavy atom. The Morgan fingerprint density at radius 2 is 2.12 bits per heavy atom. The van der Waals surface area contributed by atoms with E-state index in [1.807, 2.05) is 0 Å². The van der Waals surface area contributed by atoms with Gasteiger partial charge in [0.1, 0.15) is 12.4 Å². The van der Waals surface area contributed by atoms with Crippen molar-refractivity contribution in [1.29, 1.82) is 0 Å². The van der Waals surface area contributed by atoms with Gasteiger partial charge in [-0.15, -0.1) is 0 Å². The second-order valence-electron chi connectivity index (χ2n) is 4.82. The number of aromatic hydroxyl groups is 1. The van der Waals surface area contributed by atoms with Crippen LogP contribution >= 0.6 is 11.6 Å². The van der Waals surface area contributed by atoms with Crippen molar-refractivity contribution in [3.05, 3.63) is 57.9 Å². The number of benzene rings is 1. The molecule has 0 saturated carbocycles. The van der Waals surface area contributed by atoms with Gasteiger partial charge in [-0.3, -0.25) is 14.6 Å². The zero-order valence-electron chi connectivity index (χ0n) is 12.3. The lowest BCUT2D eigenvalue weighted by Gasteiger charge is -2.11. The van der Waals surface area contributed by atoms with Crippen molar-refractivity contribution in [3.63, 3.8) is 0 Å². The third kappa shape index (κ3) is 4.15. The summed E-state index contributed by atoms with van der Waals surface area (Å²) in [5.74, 6) is -0.665. The molecule has 0 unspecified atom stereocenters. The van der Waals surface area contributed by atoms with Gasteiger partial charge in [0.25, 0.3) is 5.91 Å². The Bertz CT molecular complexity index is 766. The summed E-state index contributed by atoms with van der Waals surface area (Å²) >= 11 is 5.73. The Morgan fingerprint density at radius 3 is 2.75 bits per heavy atom. The molecule has 0 bridgehead atoms. The first-order valence-corrected chi connectivity index (χ1v) is 7.00. The Kier molecular flexibility index (Phi) is 5.30. The van der Waals surface area contributed by atoms with Crippen LogP contribution in [-0.4, -0.2) is 16.0 Å². The lowest BCUT2D eigenvalue weighted by molar-refractivity contribution is -0.137. The summed E-state index contributed by atoms with van der Waals surface area (Å²) in [6.07, 6.45) is -3.91. The molecular weight excluding hydrogens is 349 g/mol. The number of phenolic OH excluding ortho intramolecular Hbond substituents is 1. The maximum absolute atomic E-state index is 12.5. The molecule has 1 aromatic carbocycles. The summed E-state index contributed by atoms with van der Waals surface area (Å²) in [5, 5.41) is 9.31. The fourth-order valence-corrected chi connectivity index (χ4v) is 2.04. The number of amides is 1. The number of hydrogen-bond acceptors (Lipinski definition) is 4. The minimum absolute atomic E-state index is 0.0394. The van der Waals surface area contributed by atoms with Gasteiger partial charge in [-0.2, -0.15) is 13.2 Å². The number of halogens is 4. The highest BCUT2D eigenvalue weighted by atomic mass is 35.5. The van der Waals surface area contributed by atoms with Crippen LogP contribution in [0, 0.1) is 6.92 Å². The molecule has 1 amide bonds. The number of alkyl halides is 3. The van der Waals surface area contributed by atoms with E-state index in [1.54, 1.807) is 6.92 Å². The summed E-state index contributed by atoms with van der Waals surface area (Å²) in [5.41, 5.74) is 1.74. The number of aromatic nitrogens is 1. The number of carbonyl (C=O) groups is 1. The molecule has 0 radical (unpaired) electrons. The van der Waals surface area contributed by atoms with Gasteiger partial charge in [-0.25, -0.2) is 5.48 Å². The van der Waals surface area contributed by atoms with Gasteiger partial charge in [-0.1, -0.05) is 17.7 Å². The second-order valence-corrected chi connectivity index (χ2v) is 5.23. The average molecular weight is 361 g/mol. The van der Waals surface area contributed by atoms with E-state index in [4.69, 9.17) is 16.4 Å². The predicted molar refractivity (Wildman–Crippen MR) is 79.3 cm³/mol. The van der Waals surface area contributed by atoms with E-state index in [9.17, 15) is 23.1 Å². The van der Waals surface area contributed by atoms with Gasteiger partial charge in [0.2, 0.25) is 0 Å². The zero-order valence-corrected chi connectivity index (χ0v) is 13.1. The van der Waals surface area contributed by atoms with Crippen LogP contribution in [0.25, 0.3) is 0 Å². The number of phenols is 1. The van der Waals surface area contributed by atoms with Crippen molar-refractivity contribution in [2.24, 2.45) is 0 Å². The third-order valence-corrected chi connectivity index (χ3v) is 3.50. The predicted octanol–water partition coefficient (Wildman–Crippen LogP) is 3.63. The summed E-state index contributed by atoms with van der Waals surface area (Å²) in [6, 6.07) is 5.13. The van der Waals surface area contributed by atoms with Gasteiger partial charge < -0.3 is 5.11 Å². The van der Waals surface area contributed by atoms with Crippen molar-refractivity contribution >= 4 is 17.5 Å². The maximum atomic E-state index is 12.5. The van der Waals surface area contributed by atoms with Crippen LogP contribution in [0.4, 0.5) is 13.2 Å². The molecule has 0 aliphatic rings. The Hall–Kier alpha value is -2.32. The van der Waals surface area contributed by atoms with E-state index >= 15 is 0 Å². The van der Waals surface area contributed by atoms with Crippen molar-refractivity contribution in [3.8, 4) is 5.75 Å². The van der Waals surface area contributed by atoms with E-state index in [-0.39, 0.29) is 28.6 Å². The quantitative estimate of drug-likeness (QED) is 0.817. The van der Waals surface area contributed by atoms with Crippen LogP contribution in [0.3, 0.4) is 0 Å². The van der Waals surface area contributed by atoms with Crippen molar-refractivity contribution in [2.45, 2.75) is 19.7 Å². The first kappa shape index (κ1) is 18.0. The topological polar surface area (TPSA) is 71.5 Å². The molecule has 0 aliphatic carbocycles. The number of carbonyl (C=O) groups excluding carboxylic acids is 1. The van der Waals surface area contributed by atoms with Crippen LogP contribution in [0.1, 0.15) is 27.2 Å². The molecule has 128 valence electrons. The lowest BCUT2D eigenvalue weighted by atomic mass is 10.1. The summed E-state index contributed by atoms with van der Waals surface area (Å²) in [4.78, 5) is 20.4. The molecule has 0 fully saturated rings. The monoisotopic (exact) mass is 360 g/mol. The molecule has 5 nitrogen and oxygen atoms in total. The number of hydrogen-bond donors (Lipinski definition) is 2. The van der Waals surface area contributed by atoms with Crippen LogP contribution in [0.15, 0.2) is 30.5 Å². The molecule has 0 spiro atoms. The lowest BCUT2D eigenvalue weighted by Crippen LogP contribution is -2.24. The van der Waals surface area contributed by atoms with E-state index in [1.165, 1.54) is 18.2 Å². The normalized spacial score (nSPS) is 11.4. The standard InChI is InChI=1S/C15H12ClF3N2O3/c1-8-10(3-2-4-13(8)22)14(23)21-24-7-12-11(16)5-9(6-20-12)15(17,18)19/h2-6,22H,7H2,1H3,(H,21,23). The highest BCUT2D eigenvalue weighted by Gasteiger charge is 2.31. The van der Waals surface area contributed by atoms with Gasteiger partial charge in [-0.05, 0) is 25.1 Å². The molecule has 0 saturated heterocycles. The molecule has 0 aliphatic heterocycles. The Balaban J connectivity index is 1.99. The number of nitrogens with one attached hydrogen (secondary N) is 1. The third-order valence-electron chi connectivity index (χ3n) is 3.17. The van der Waals surface area contributed by atoms with E-state index < -0.39 is 17.6 Å². The van der Waals surface area contributed by atoms with Crippen molar-refractivity contribution in [2.75, 3.05) is 0 Å². The fourth-order valence-electron chi connectivity index (χ4n) is 1.82. The van der Waals surface area contributed by atoms with E-state index in [0.29, 0.717) is 11.8 Å². The minimum atomic E-state index is -4.54. The molecular formula is C15H12ClF3N2O3. The highest BCUT2D eigenvalue weighted by molar-refractivity contribution is 6.31. The second kappa shape index (κ2) is 7.06. The molecule has 9 heteroatoms. The first-order chi connectivity index (χ1) is 11.2. The van der Waals surface area contributed by atoms with Crippen LogP contribution in [0.5, 0.6) is 5.75 Å². The largest absolute Gasteiger partial charge is 0.508 e. The molecule has 2 rings (SSSR count). The van der Waals surface area contributed by atoms with Crippen LogP contribution in [-0.2, 0) is 17.6 Å². The molecule has 0 atom stereocenters. The van der Waals surface area contributed by atoms with Gasteiger partial charge in [0, 0.05) is 17.3 Å². The van der Waals surface area contributed by atoms with Crippen LogP contribution in [0.2, 0.25) is 5.02 Å². The molecule has 1 heterocycles.